The molecule has 0 bridgehead atoms. The van der Waals surface area contributed by atoms with Gasteiger partial charge in [-0.2, -0.15) is 0 Å². The van der Waals surface area contributed by atoms with Gasteiger partial charge in [-0.25, -0.2) is 0 Å². The molecule has 1 saturated heterocycles. The molecule has 1 heterocycles. The van der Waals surface area contributed by atoms with Crippen molar-refractivity contribution in [3.63, 3.8) is 0 Å². The molecule has 1 fully saturated rings. The topological polar surface area (TPSA) is 12.0 Å². The monoisotopic (exact) mass is 127 g/mol. The van der Waals surface area contributed by atoms with Crippen LogP contribution in [0.4, 0.5) is 0 Å². The molecule has 0 radical (unpaired) electrons. The molecule has 9 heavy (non-hydrogen) atoms. The van der Waals surface area contributed by atoms with Crippen molar-refractivity contribution in [2.75, 3.05) is 6.54 Å². The summed E-state index contributed by atoms with van der Waals surface area (Å²) in [5.74, 6) is 0. The molecule has 1 rings (SSSR count). The average Bonchev–Trinajstić information content (AvgIpc) is 1.94. The van der Waals surface area contributed by atoms with E-state index in [-0.39, 0.29) is 0 Å². The highest BCUT2D eigenvalue weighted by Crippen LogP contribution is 2.04. The number of rotatable bonds is 0. The van der Waals surface area contributed by atoms with E-state index >= 15 is 0 Å². The van der Waals surface area contributed by atoms with Gasteiger partial charge in [-0.05, 0) is 26.3 Å². The summed E-state index contributed by atoms with van der Waals surface area (Å²) in [6.45, 7) is 9.49. The Morgan fingerprint density at radius 1 is 1.33 bits per heavy atom. The highest BCUT2D eigenvalue weighted by Gasteiger charge is 2.04. The summed E-state index contributed by atoms with van der Waals surface area (Å²) in [5, 5.41) is 3.38. The summed E-state index contributed by atoms with van der Waals surface area (Å²) in [4.78, 5) is 0. The van der Waals surface area contributed by atoms with Gasteiger partial charge in [0.15, 0.2) is 0 Å². The molecule has 1 aliphatic rings. The van der Waals surface area contributed by atoms with Gasteiger partial charge in [-0.1, -0.05) is 6.42 Å². The molecule has 0 saturated carbocycles. The second-order valence-corrected chi connectivity index (χ2v) is 2.35. The summed E-state index contributed by atoms with van der Waals surface area (Å²) < 4.78 is 0. The predicted molar refractivity (Wildman–Crippen MR) is 42.6 cm³/mol. The maximum atomic E-state index is 3.38. The highest BCUT2D eigenvalue weighted by molar-refractivity contribution is 4.65. The van der Waals surface area contributed by atoms with Gasteiger partial charge in [-0.15, -0.1) is 13.2 Å². The van der Waals surface area contributed by atoms with E-state index < -0.39 is 0 Å². The number of piperidine rings is 1. The lowest BCUT2D eigenvalue weighted by atomic mass is 10.1. The zero-order chi connectivity index (χ0) is 7.11. The van der Waals surface area contributed by atoms with E-state index in [0.717, 1.165) is 6.04 Å². The van der Waals surface area contributed by atoms with Crippen LogP contribution < -0.4 is 5.32 Å². The summed E-state index contributed by atoms with van der Waals surface area (Å²) in [6, 6.07) is 0.786. The van der Waals surface area contributed by atoms with Crippen molar-refractivity contribution in [3.05, 3.63) is 13.2 Å². The number of hydrogen-bond acceptors (Lipinski definition) is 1. The second-order valence-electron chi connectivity index (χ2n) is 2.35. The van der Waals surface area contributed by atoms with E-state index in [1.165, 1.54) is 25.8 Å². The largest absolute Gasteiger partial charge is 0.314 e. The fourth-order valence-corrected chi connectivity index (χ4v) is 1.03. The molecule has 1 N–H and O–H groups in total. The number of hydrogen-bond donors (Lipinski definition) is 1. The third-order valence-electron chi connectivity index (χ3n) is 1.56. The van der Waals surface area contributed by atoms with Crippen molar-refractivity contribution in [1.29, 1.82) is 0 Å². The van der Waals surface area contributed by atoms with Crippen LogP contribution in [-0.4, -0.2) is 12.6 Å². The molecule has 0 aromatic carbocycles. The minimum Gasteiger partial charge on any atom is -0.314 e. The smallest absolute Gasteiger partial charge is 0.00387 e. The van der Waals surface area contributed by atoms with Crippen molar-refractivity contribution in [1.82, 2.24) is 5.32 Å². The fourth-order valence-electron chi connectivity index (χ4n) is 1.03. The number of nitrogens with one attached hydrogen (secondary N) is 1. The Bertz CT molecular complexity index is 55.6. The van der Waals surface area contributed by atoms with Crippen molar-refractivity contribution in [2.45, 2.75) is 32.2 Å². The van der Waals surface area contributed by atoms with Crippen LogP contribution in [0.5, 0.6) is 0 Å². The fraction of sp³-hybridized carbons (Fsp3) is 0.750. The van der Waals surface area contributed by atoms with Crippen LogP contribution in [0, 0.1) is 0 Å². The highest BCUT2D eigenvalue weighted by atomic mass is 14.9. The minimum atomic E-state index is 0.786. The molecule has 0 aromatic heterocycles. The predicted octanol–water partition coefficient (Wildman–Crippen LogP) is 1.95. The first-order chi connectivity index (χ1) is 4.39. The summed E-state index contributed by atoms with van der Waals surface area (Å²) in [5.41, 5.74) is 0. The van der Waals surface area contributed by atoms with Gasteiger partial charge >= 0.3 is 0 Å². The van der Waals surface area contributed by atoms with E-state index in [4.69, 9.17) is 0 Å². The summed E-state index contributed by atoms with van der Waals surface area (Å²) in [7, 11) is 0. The Morgan fingerprint density at radius 2 is 2.00 bits per heavy atom. The van der Waals surface area contributed by atoms with Crippen molar-refractivity contribution >= 4 is 0 Å². The SMILES string of the molecule is C=C.C[C@H]1CCCCN1. The van der Waals surface area contributed by atoms with Gasteiger partial charge < -0.3 is 5.32 Å². The van der Waals surface area contributed by atoms with Crippen LogP contribution in [0.1, 0.15) is 26.2 Å². The minimum absolute atomic E-state index is 0.786. The summed E-state index contributed by atoms with van der Waals surface area (Å²) in [6.07, 6.45) is 4.18. The summed E-state index contributed by atoms with van der Waals surface area (Å²) >= 11 is 0. The van der Waals surface area contributed by atoms with Crippen LogP contribution in [0.2, 0.25) is 0 Å². The molecule has 0 aliphatic carbocycles. The van der Waals surface area contributed by atoms with Gasteiger partial charge in [0, 0.05) is 6.04 Å². The van der Waals surface area contributed by atoms with E-state index in [1.54, 1.807) is 0 Å². The third kappa shape index (κ3) is 4.22. The quantitative estimate of drug-likeness (QED) is 0.490. The van der Waals surface area contributed by atoms with Crippen molar-refractivity contribution < 1.29 is 0 Å². The van der Waals surface area contributed by atoms with Gasteiger partial charge in [0.05, 0.1) is 0 Å². The molecule has 54 valence electrons. The molecule has 0 unspecified atom stereocenters. The van der Waals surface area contributed by atoms with Gasteiger partial charge in [0.25, 0.3) is 0 Å². The second kappa shape index (κ2) is 5.83. The molecular weight excluding hydrogens is 110 g/mol. The first-order valence-corrected chi connectivity index (χ1v) is 3.63. The normalized spacial score (nSPS) is 26.1. The van der Waals surface area contributed by atoms with Crippen LogP contribution in [-0.2, 0) is 0 Å². The first-order valence-electron chi connectivity index (χ1n) is 3.63. The Labute approximate surface area is 58.2 Å². The zero-order valence-electron chi connectivity index (χ0n) is 6.32. The van der Waals surface area contributed by atoms with Crippen molar-refractivity contribution in [2.24, 2.45) is 0 Å². The zero-order valence-corrected chi connectivity index (χ0v) is 6.32. The van der Waals surface area contributed by atoms with E-state index in [2.05, 4.69) is 25.4 Å². The maximum absolute atomic E-state index is 3.38. The van der Waals surface area contributed by atoms with Gasteiger partial charge in [0.2, 0.25) is 0 Å². The van der Waals surface area contributed by atoms with Crippen LogP contribution in [0.25, 0.3) is 0 Å². The molecule has 0 aromatic rings. The third-order valence-corrected chi connectivity index (χ3v) is 1.56. The van der Waals surface area contributed by atoms with Crippen LogP contribution in [0.3, 0.4) is 0 Å². The van der Waals surface area contributed by atoms with E-state index in [0.29, 0.717) is 0 Å². The first kappa shape index (κ1) is 8.70. The van der Waals surface area contributed by atoms with E-state index in [1.807, 2.05) is 0 Å². The lowest BCUT2D eigenvalue weighted by molar-refractivity contribution is 0.425. The molecule has 1 nitrogen and oxygen atoms in total. The molecule has 0 spiro atoms. The lowest BCUT2D eigenvalue weighted by Crippen LogP contribution is -2.30. The Balaban J connectivity index is 0.000000291. The Hall–Kier alpha value is -0.300. The standard InChI is InChI=1S/C6H13N.C2H4/c1-6-4-2-3-5-7-6;1-2/h6-7H,2-5H2,1H3;1-2H2/t6-;/m0./s1. The molecular formula is C8H17N. The van der Waals surface area contributed by atoms with Crippen LogP contribution >= 0.6 is 0 Å². The molecule has 1 heteroatoms. The van der Waals surface area contributed by atoms with Gasteiger partial charge in [-0.3, -0.25) is 0 Å². The molecule has 0 amide bonds. The Morgan fingerprint density at radius 3 is 2.22 bits per heavy atom. The van der Waals surface area contributed by atoms with E-state index in [9.17, 15) is 0 Å². The molecule has 1 atom stereocenters. The lowest BCUT2D eigenvalue weighted by Gasteiger charge is -2.18. The Kier molecular flexibility index (Phi) is 5.64. The van der Waals surface area contributed by atoms with Crippen molar-refractivity contribution in [3.8, 4) is 0 Å². The van der Waals surface area contributed by atoms with Crippen LogP contribution in [0.15, 0.2) is 13.2 Å². The molecule has 1 aliphatic heterocycles. The maximum Gasteiger partial charge on any atom is 0.00387 e. The van der Waals surface area contributed by atoms with Gasteiger partial charge in [0.1, 0.15) is 0 Å². The average molecular weight is 127 g/mol.